The van der Waals surface area contributed by atoms with Gasteiger partial charge in [-0.2, -0.15) is 0 Å². The van der Waals surface area contributed by atoms with E-state index in [2.05, 4.69) is 12.2 Å². The van der Waals surface area contributed by atoms with Crippen molar-refractivity contribution in [3.8, 4) is 0 Å². The van der Waals surface area contributed by atoms with Crippen molar-refractivity contribution in [2.45, 2.75) is 50.7 Å². The van der Waals surface area contributed by atoms with Gasteiger partial charge in [0.15, 0.2) is 0 Å². The number of nitrogens with two attached hydrogens (primary N) is 1. The summed E-state index contributed by atoms with van der Waals surface area (Å²) in [6, 6.07) is 4.93. The molecule has 2 rings (SSSR count). The summed E-state index contributed by atoms with van der Waals surface area (Å²) in [7, 11) is 0. The van der Waals surface area contributed by atoms with Gasteiger partial charge in [0.25, 0.3) is 0 Å². The van der Waals surface area contributed by atoms with Gasteiger partial charge in [-0.15, -0.1) is 0 Å². The van der Waals surface area contributed by atoms with E-state index in [0.717, 1.165) is 12.2 Å². The molecular weight excluding hydrogens is 188 g/mol. The quantitative estimate of drug-likeness (QED) is 0.800. The fourth-order valence-electron chi connectivity index (χ4n) is 2.31. The first-order valence-electron chi connectivity index (χ1n) is 5.82. The third kappa shape index (κ3) is 2.61. The molecule has 1 saturated carbocycles. The minimum atomic E-state index is 0.258. The van der Waals surface area contributed by atoms with E-state index in [1.54, 1.807) is 6.26 Å². The van der Waals surface area contributed by atoms with Crippen LogP contribution in [0, 0.1) is 0 Å². The second-order valence-corrected chi connectivity index (χ2v) is 4.46. The Labute approximate surface area is 91.0 Å². The molecule has 0 aliphatic heterocycles. The van der Waals surface area contributed by atoms with Gasteiger partial charge >= 0.3 is 0 Å². The van der Waals surface area contributed by atoms with Crippen LogP contribution in [-0.2, 0) is 0 Å². The maximum Gasteiger partial charge on any atom is 0.120 e. The summed E-state index contributed by atoms with van der Waals surface area (Å²) in [5, 5.41) is 3.55. The van der Waals surface area contributed by atoms with Crippen molar-refractivity contribution in [3.05, 3.63) is 24.2 Å². The first-order chi connectivity index (χ1) is 7.27. The minimum Gasteiger partial charge on any atom is -0.468 e. The highest BCUT2D eigenvalue weighted by atomic mass is 16.3. The van der Waals surface area contributed by atoms with Crippen LogP contribution < -0.4 is 11.1 Å². The van der Waals surface area contributed by atoms with Crippen molar-refractivity contribution < 1.29 is 4.42 Å². The third-order valence-electron chi connectivity index (χ3n) is 3.25. The molecule has 84 valence electrons. The highest BCUT2D eigenvalue weighted by molar-refractivity contribution is 5.04. The molecule has 1 aromatic rings. The predicted octanol–water partition coefficient (Wildman–Crippen LogP) is 2.20. The molecule has 0 amide bonds. The first-order valence-corrected chi connectivity index (χ1v) is 5.82. The second kappa shape index (κ2) is 4.81. The lowest BCUT2D eigenvalue weighted by atomic mass is 9.90. The van der Waals surface area contributed by atoms with Crippen molar-refractivity contribution in [3.63, 3.8) is 0 Å². The topological polar surface area (TPSA) is 51.2 Å². The SMILES string of the molecule is C[C@H](N[C@@H]1CCCC[C@H]1N)c1ccco1. The molecule has 0 spiro atoms. The van der Waals surface area contributed by atoms with Crippen LogP contribution in [0.4, 0.5) is 0 Å². The number of furan rings is 1. The van der Waals surface area contributed by atoms with Crippen LogP contribution in [0.5, 0.6) is 0 Å². The fourth-order valence-corrected chi connectivity index (χ4v) is 2.31. The van der Waals surface area contributed by atoms with Gasteiger partial charge in [-0.25, -0.2) is 0 Å². The molecule has 0 saturated heterocycles. The maximum atomic E-state index is 6.09. The summed E-state index contributed by atoms with van der Waals surface area (Å²) in [6.45, 7) is 2.13. The monoisotopic (exact) mass is 208 g/mol. The molecule has 3 heteroatoms. The molecule has 15 heavy (non-hydrogen) atoms. The maximum absolute atomic E-state index is 6.09. The lowest BCUT2D eigenvalue weighted by Crippen LogP contribution is -2.47. The van der Waals surface area contributed by atoms with Crippen LogP contribution in [0.2, 0.25) is 0 Å². The molecule has 1 heterocycles. The zero-order chi connectivity index (χ0) is 10.7. The Morgan fingerprint density at radius 1 is 1.47 bits per heavy atom. The molecule has 3 atom stereocenters. The summed E-state index contributed by atoms with van der Waals surface area (Å²) in [5.74, 6) is 0.993. The Hall–Kier alpha value is -0.800. The molecule has 1 aliphatic rings. The third-order valence-corrected chi connectivity index (χ3v) is 3.25. The van der Waals surface area contributed by atoms with E-state index in [1.807, 2.05) is 12.1 Å². The van der Waals surface area contributed by atoms with Crippen molar-refractivity contribution in [1.82, 2.24) is 5.32 Å². The lowest BCUT2D eigenvalue weighted by molar-refractivity contribution is 0.291. The molecule has 0 aromatic carbocycles. The molecule has 3 N–H and O–H groups in total. The van der Waals surface area contributed by atoms with Crippen LogP contribution in [0.1, 0.15) is 44.4 Å². The van der Waals surface area contributed by atoms with Crippen LogP contribution in [0.25, 0.3) is 0 Å². The molecule has 0 unspecified atom stereocenters. The van der Waals surface area contributed by atoms with E-state index in [9.17, 15) is 0 Å². The van der Waals surface area contributed by atoms with Gasteiger partial charge in [0.1, 0.15) is 5.76 Å². The van der Waals surface area contributed by atoms with Crippen molar-refractivity contribution >= 4 is 0 Å². The summed E-state index contributed by atoms with van der Waals surface area (Å²) in [6.07, 6.45) is 6.60. The molecule has 1 fully saturated rings. The molecule has 0 bridgehead atoms. The lowest BCUT2D eigenvalue weighted by Gasteiger charge is -2.31. The Kier molecular flexibility index (Phi) is 3.44. The van der Waals surface area contributed by atoms with Crippen molar-refractivity contribution in [2.24, 2.45) is 5.73 Å². The highest BCUT2D eigenvalue weighted by Gasteiger charge is 2.23. The van der Waals surface area contributed by atoms with Crippen LogP contribution in [0.3, 0.4) is 0 Å². The van der Waals surface area contributed by atoms with Gasteiger partial charge in [-0.05, 0) is 31.9 Å². The zero-order valence-corrected chi connectivity index (χ0v) is 9.28. The summed E-state index contributed by atoms with van der Waals surface area (Å²) in [5.41, 5.74) is 6.09. The van der Waals surface area contributed by atoms with Gasteiger partial charge in [0.05, 0.1) is 12.3 Å². The molecular formula is C12H20N2O. The summed E-state index contributed by atoms with van der Waals surface area (Å²) < 4.78 is 5.37. The fraction of sp³-hybridized carbons (Fsp3) is 0.667. The van der Waals surface area contributed by atoms with Crippen LogP contribution >= 0.6 is 0 Å². The average Bonchev–Trinajstić information content (AvgIpc) is 2.74. The number of nitrogens with one attached hydrogen (secondary N) is 1. The first kappa shape index (κ1) is 10.7. The number of hydrogen-bond donors (Lipinski definition) is 2. The Bertz CT molecular complexity index is 284. The van der Waals surface area contributed by atoms with Gasteiger partial charge < -0.3 is 15.5 Å². The van der Waals surface area contributed by atoms with Crippen molar-refractivity contribution in [1.29, 1.82) is 0 Å². The van der Waals surface area contributed by atoms with E-state index in [-0.39, 0.29) is 6.04 Å². The molecule has 1 aromatic heterocycles. The van der Waals surface area contributed by atoms with Crippen molar-refractivity contribution in [2.75, 3.05) is 0 Å². The highest BCUT2D eigenvalue weighted by Crippen LogP contribution is 2.21. The van der Waals surface area contributed by atoms with Crippen LogP contribution in [0.15, 0.2) is 22.8 Å². The largest absolute Gasteiger partial charge is 0.468 e. The van der Waals surface area contributed by atoms with E-state index in [0.29, 0.717) is 12.1 Å². The Balaban J connectivity index is 1.90. The van der Waals surface area contributed by atoms with Gasteiger partial charge in [-0.3, -0.25) is 0 Å². The average molecular weight is 208 g/mol. The van der Waals surface area contributed by atoms with E-state index >= 15 is 0 Å². The van der Waals surface area contributed by atoms with Gasteiger partial charge in [0, 0.05) is 12.1 Å². The van der Waals surface area contributed by atoms with E-state index < -0.39 is 0 Å². The molecule has 1 aliphatic carbocycles. The standard InChI is InChI=1S/C12H20N2O/c1-9(12-7-4-8-15-12)14-11-6-3-2-5-10(11)13/h4,7-11,14H,2-3,5-6,13H2,1H3/t9-,10+,11+/m0/s1. The van der Waals surface area contributed by atoms with Gasteiger partial charge in [-0.1, -0.05) is 12.8 Å². The zero-order valence-electron chi connectivity index (χ0n) is 9.28. The minimum absolute atomic E-state index is 0.258. The van der Waals surface area contributed by atoms with Crippen LogP contribution in [-0.4, -0.2) is 12.1 Å². The predicted molar refractivity (Wildman–Crippen MR) is 60.5 cm³/mol. The summed E-state index contributed by atoms with van der Waals surface area (Å²) >= 11 is 0. The molecule has 3 nitrogen and oxygen atoms in total. The summed E-state index contributed by atoms with van der Waals surface area (Å²) in [4.78, 5) is 0. The Morgan fingerprint density at radius 2 is 2.27 bits per heavy atom. The second-order valence-electron chi connectivity index (χ2n) is 4.46. The van der Waals surface area contributed by atoms with E-state index in [4.69, 9.17) is 10.2 Å². The normalized spacial score (nSPS) is 28.9. The number of rotatable bonds is 3. The Morgan fingerprint density at radius 3 is 2.93 bits per heavy atom. The number of hydrogen-bond acceptors (Lipinski definition) is 3. The smallest absolute Gasteiger partial charge is 0.120 e. The van der Waals surface area contributed by atoms with E-state index in [1.165, 1.54) is 19.3 Å². The molecule has 0 radical (unpaired) electrons. The van der Waals surface area contributed by atoms with Gasteiger partial charge in [0.2, 0.25) is 0 Å².